The normalized spacial score (nSPS) is 11.8. The van der Waals surface area contributed by atoms with E-state index in [0.717, 1.165) is 0 Å². The van der Waals surface area contributed by atoms with E-state index in [-0.39, 0.29) is 18.2 Å². The number of nitrogens with one attached hydrogen (secondary N) is 1. The fourth-order valence-corrected chi connectivity index (χ4v) is 0.890. The van der Waals surface area contributed by atoms with Crippen molar-refractivity contribution in [2.75, 3.05) is 13.2 Å². The molecule has 4 heteroatoms. The van der Waals surface area contributed by atoms with Gasteiger partial charge in [-0.15, -0.1) is 0 Å². The van der Waals surface area contributed by atoms with Gasteiger partial charge >= 0.3 is 0 Å². The molecule has 0 spiro atoms. The van der Waals surface area contributed by atoms with Crippen LogP contribution in [0.15, 0.2) is 23.9 Å². The number of aliphatic hydroxyl groups excluding tert-OH is 1. The first kappa shape index (κ1) is 13.6. The van der Waals surface area contributed by atoms with Crippen molar-refractivity contribution in [3.05, 3.63) is 23.9 Å². The average Bonchev–Trinajstić information content (AvgIpc) is 2.15. The second-order valence-corrected chi connectivity index (χ2v) is 3.12. The number of ketones is 2. The van der Waals surface area contributed by atoms with Crippen molar-refractivity contribution in [2.24, 2.45) is 0 Å². The van der Waals surface area contributed by atoms with Crippen molar-refractivity contribution >= 4 is 11.6 Å². The zero-order valence-electron chi connectivity index (χ0n) is 9.12. The van der Waals surface area contributed by atoms with E-state index in [0.29, 0.717) is 18.7 Å². The smallest absolute Gasteiger partial charge is 0.175 e. The topological polar surface area (TPSA) is 66.4 Å². The monoisotopic (exact) mass is 211 g/mol. The average molecular weight is 211 g/mol. The van der Waals surface area contributed by atoms with Crippen LogP contribution in [0.3, 0.4) is 0 Å². The van der Waals surface area contributed by atoms with Gasteiger partial charge in [-0.3, -0.25) is 9.59 Å². The molecule has 4 nitrogen and oxygen atoms in total. The van der Waals surface area contributed by atoms with Crippen molar-refractivity contribution in [2.45, 2.75) is 20.3 Å². The van der Waals surface area contributed by atoms with E-state index in [2.05, 4.69) is 5.32 Å². The molecule has 0 unspecified atom stereocenters. The minimum Gasteiger partial charge on any atom is -0.395 e. The van der Waals surface area contributed by atoms with Crippen LogP contribution in [0.4, 0.5) is 0 Å². The standard InChI is InChI=1S/C11H17NO3/c1-9(14)5-3-4-6-11(10(2)15)12-7-8-13/h3-4,6,12-13H,5,7-8H2,1-2H3/b4-3-,11-6-. The Labute approximate surface area is 89.7 Å². The van der Waals surface area contributed by atoms with Crippen LogP contribution in [0, 0.1) is 0 Å². The van der Waals surface area contributed by atoms with Gasteiger partial charge < -0.3 is 10.4 Å². The third-order valence-electron chi connectivity index (χ3n) is 1.61. The number of aliphatic hydroxyl groups is 1. The van der Waals surface area contributed by atoms with E-state index in [9.17, 15) is 9.59 Å². The summed E-state index contributed by atoms with van der Waals surface area (Å²) in [6.07, 6.45) is 5.30. The molecule has 0 aromatic carbocycles. The van der Waals surface area contributed by atoms with Crippen LogP contribution in [-0.2, 0) is 9.59 Å². The second-order valence-electron chi connectivity index (χ2n) is 3.12. The molecule has 2 N–H and O–H groups in total. The molecule has 0 radical (unpaired) electrons. The molecular weight excluding hydrogens is 194 g/mol. The summed E-state index contributed by atoms with van der Waals surface area (Å²) in [5.41, 5.74) is 0.434. The van der Waals surface area contributed by atoms with E-state index in [1.165, 1.54) is 13.8 Å². The summed E-state index contributed by atoms with van der Waals surface area (Å²) in [6, 6.07) is 0. The zero-order chi connectivity index (χ0) is 11.7. The maximum atomic E-state index is 11.1. The van der Waals surface area contributed by atoms with E-state index in [1.807, 2.05) is 0 Å². The van der Waals surface area contributed by atoms with Crippen molar-refractivity contribution in [3.63, 3.8) is 0 Å². The molecule has 0 atom stereocenters. The molecule has 0 aliphatic carbocycles. The first-order chi connectivity index (χ1) is 7.07. The zero-order valence-corrected chi connectivity index (χ0v) is 9.12. The Balaban J connectivity index is 4.22. The molecule has 0 aromatic rings. The largest absolute Gasteiger partial charge is 0.395 e. The highest BCUT2D eigenvalue weighted by molar-refractivity contribution is 5.92. The highest BCUT2D eigenvalue weighted by Gasteiger charge is 1.99. The van der Waals surface area contributed by atoms with Gasteiger partial charge in [-0.05, 0) is 13.0 Å². The van der Waals surface area contributed by atoms with Crippen molar-refractivity contribution in [3.8, 4) is 0 Å². The van der Waals surface area contributed by atoms with Gasteiger partial charge in [-0.1, -0.05) is 12.2 Å². The third-order valence-corrected chi connectivity index (χ3v) is 1.61. The molecule has 84 valence electrons. The summed E-state index contributed by atoms with van der Waals surface area (Å²) in [7, 11) is 0. The van der Waals surface area contributed by atoms with Gasteiger partial charge in [0.2, 0.25) is 0 Å². The highest BCUT2D eigenvalue weighted by atomic mass is 16.3. The summed E-state index contributed by atoms with van der Waals surface area (Å²) in [6.45, 7) is 3.26. The number of allylic oxidation sites excluding steroid dienone is 4. The number of hydrogen-bond donors (Lipinski definition) is 2. The lowest BCUT2D eigenvalue weighted by Crippen LogP contribution is -2.21. The summed E-state index contributed by atoms with van der Waals surface area (Å²) in [4.78, 5) is 21.7. The molecular formula is C11H17NO3. The van der Waals surface area contributed by atoms with Crippen LogP contribution in [0.1, 0.15) is 20.3 Å². The first-order valence-corrected chi connectivity index (χ1v) is 4.80. The van der Waals surface area contributed by atoms with Gasteiger partial charge in [0.05, 0.1) is 12.3 Å². The number of hydrogen-bond acceptors (Lipinski definition) is 4. The minimum absolute atomic E-state index is 0.0260. The summed E-state index contributed by atoms with van der Waals surface area (Å²) in [5.74, 6) is -0.0248. The van der Waals surface area contributed by atoms with E-state index >= 15 is 0 Å². The fraction of sp³-hybridized carbons (Fsp3) is 0.455. The predicted molar refractivity (Wildman–Crippen MR) is 58.3 cm³/mol. The Bertz CT molecular complexity index is 280. The number of rotatable bonds is 7. The van der Waals surface area contributed by atoms with Gasteiger partial charge in [0.25, 0.3) is 0 Å². The Kier molecular flexibility index (Phi) is 7.18. The third kappa shape index (κ3) is 7.64. The molecule has 0 heterocycles. The summed E-state index contributed by atoms with van der Waals surface area (Å²) in [5, 5.41) is 11.4. The molecule has 0 rings (SSSR count). The van der Waals surface area contributed by atoms with Crippen LogP contribution >= 0.6 is 0 Å². The van der Waals surface area contributed by atoms with Gasteiger partial charge in [0.1, 0.15) is 5.78 Å². The minimum atomic E-state index is -0.101. The van der Waals surface area contributed by atoms with Crippen molar-refractivity contribution < 1.29 is 14.7 Å². The van der Waals surface area contributed by atoms with Gasteiger partial charge in [-0.2, -0.15) is 0 Å². The number of carbonyl (C=O) groups is 2. The van der Waals surface area contributed by atoms with Crippen LogP contribution in [0.25, 0.3) is 0 Å². The van der Waals surface area contributed by atoms with Crippen LogP contribution < -0.4 is 5.32 Å². The molecule has 0 saturated carbocycles. The van der Waals surface area contributed by atoms with E-state index in [1.54, 1.807) is 18.2 Å². The summed E-state index contributed by atoms with van der Waals surface area (Å²) < 4.78 is 0. The molecule has 0 amide bonds. The lowest BCUT2D eigenvalue weighted by atomic mass is 10.2. The highest BCUT2D eigenvalue weighted by Crippen LogP contribution is 1.93. The Morgan fingerprint density at radius 2 is 2.00 bits per heavy atom. The Morgan fingerprint density at radius 3 is 2.47 bits per heavy atom. The fourth-order valence-electron chi connectivity index (χ4n) is 0.890. The lowest BCUT2D eigenvalue weighted by Gasteiger charge is -2.04. The maximum Gasteiger partial charge on any atom is 0.175 e. The molecule has 0 aromatic heterocycles. The molecule has 0 bridgehead atoms. The lowest BCUT2D eigenvalue weighted by molar-refractivity contribution is -0.116. The van der Waals surface area contributed by atoms with Crippen molar-refractivity contribution in [1.29, 1.82) is 0 Å². The molecule has 0 aliphatic heterocycles. The first-order valence-electron chi connectivity index (χ1n) is 4.80. The van der Waals surface area contributed by atoms with Gasteiger partial charge in [-0.25, -0.2) is 0 Å². The Morgan fingerprint density at radius 1 is 1.33 bits per heavy atom. The van der Waals surface area contributed by atoms with E-state index < -0.39 is 0 Å². The maximum absolute atomic E-state index is 11.1. The van der Waals surface area contributed by atoms with Gasteiger partial charge in [0.15, 0.2) is 5.78 Å². The van der Waals surface area contributed by atoms with E-state index in [4.69, 9.17) is 5.11 Å². The van der Waals surface area contributed by atoms with Crippen LogP contribution in [0.2, 0.25) is 0 Å². The molecule has 0 aliphatic rings. The van der Waals surface area contributed by atoms with Crippen LogP contribution in [-0.4, -0.2) is 29.8 Å². The SMILES string of the molecule is CC(=O)C/C=C\C=C(/NCCO)C(C)=O. The molecule has 0 saturated heterocycles. The van der Waals surface area contributed by atoms with Crippen LogP contribution in [0.5, 0.6) is 0 Å². The predicted octanol–water partition coefficient (Wildman–Crippen LogP) is 0.576. The number of Topliss-reactive ketones (excluding diaryl/α,β-unsaturated/α-hetero) is 2. The summed E-state index contributed by atoms with van der Waals surface area (Å²) >= 11 is 0. The molecule has 0 fully saturated rings. The number of carbonyl (C=O) groups excluding carboxylic acids is 2. The second kappa shape index (κ2) is 7.94. The Hall–Kier alpha value is -1.42. The molecule has 15 heavy (non-hydrogen) atoms. The quantitative estimate of drug-likeness (QED) is 0.477. The van der Waals surface area contributed by atoms with Gasteiger partial charge in [0, 0.05) is 19.9 Å². The van der Waals surface area contributed by atoms with Crippen molar-refractivity contribution in [1.82, 2.24) is 5.32 Å².